The van der Waals surface area contributed by atoms with Crippen LogP contribution in [0.5, 0.6) is 0 Å². The fourth-order valence-corrected chi connectivity index (χ4v) is 3.90. The molecular weight excluding hydrogens is 286 g/mol. The normalized spacial score (nSPS) is 26.0. The Morgan fingerprint density at radius 3 is 2.81 bits per heavy atom. The molecule has 0 spiro atoms. The summed E-state index contributed by atoms with van der Waals surface area (Å²) in [7, 11) is 0. The summed E-state index contributed by atoms with van der Waals surface area (Å²) in [4.78, 5) is 13.7. The van der Waals surface area contributed by atoms with E-state index in [-0.39, 0.29) is 0 Å². The summed E-state index contributed by atoms with van der Waals surface area (Å²) in [5, 5.41) is 4.24. The van der Waals surface area contributed by atoms with Gasteiger partial charge in [-0.05, 0) is 56.8 Å². The Morgan fingerprint density at radius 1 is 1.29 bits per heavy atom. The van der Waals surface area contributed by atoms with Gasteiger partial charge in [0.05, 0.1) is 10.7 Å². The Kier molecular flexibility index (Phi) is 4.36. The van der Waals surface area contributed by atoms with Crippen molar-refractivity contribution in [1.82, 2.24) is 5.32 Å². The number of hydrogen-bond acceptors (Lipinski definition) is 3. The summed E-state index contributed by atoms with van der Waals surface area (Å²) in [5.74, 6) is -0.434. The van der Waals surface area contributed by atoms with Gasteiger partial charge in [0.25, 0.3) is 0 Å². The van der Waals surface area contributed by atoms with Crippen LogP contribution >= 0.6 is 11.6 Å². The summed E-state index contributed by atoms with van der Waals surface area (Å²) in [6.45, 7) is 2.14. The van der Waals surface area contributed by atoms with Crippen molar-refractivity contribution < 1.29 is 4.79 Å². The third-order valence-corrected chi connectivity index (χ3v) is 4.96. The van der Waals surface area contributed by atoms with Crippen LogP contribution in [0.25, 0.3) is 0 Å². The number of primary amides is 1. The van der Waals surface area contributed by atoms with Crippen LogP contribution in [0.15, 0.2) is 18.2 Å². The lowest BCUT2D eigenvalue weighted by molar-refractivity contribution is 0.100. The van der Waals surface area contributed by atoms with E-state index in [1.165, 1.54) is 32.1 Å². The molecule has 1 aromatic rings. The summed E-state index contributed by atoms with van der Waals surface area (Å²) in [6.07, 6.45) is 6.15. The van der Waals surface area contributed by atoms with E-state index >= 15 is 0 Å². The van der Waals surface area contributed by atoms with Crippen molar-refractivity contribution in [3.63, 3.8) is 0 Å². The number of amides is 1. The quantitative estimate of drug-likeness (QED) is 0.902. The lowest BCUT2D eigenvalue weighted by Crippen LogP contribution is -2.50. The van der Waals surface area contributed by atoms with E-state index in [2.05, 4.69) is 10.2 Å². The van der Waals surface area contributed by atoms with Crippen molar-refractivity contribution in [1.29, 1.82) is 0 Å². The Labute approximate surface area is 130 Å². The highest BCUT2D eigenvalue weighted by molar-refractivity contribution is 6.33. The minimum atomic E-state index is -0.434. The second-order valence-electron chi connectivity index (χ2n) is 5.99. The summed E-state index contributed by atoms with van der Waals surface area (Å²) in [5.41, 5.74) is 6.81. The molecule has 5 heteroatoms. The first kappa shape index (κ1) is 14.7. The highest BCUT2D eigenvalue weighted by atomic mass is 35.5. The van der Waals surface area contributed by atoms with Crippen LogP contribution in [0.3, 0.4) is 0 Å². The number of halogens is 1. The molecule has 4 nitrogen and oxygen atoms in total. The van der Waals surface area contributed by atoms with Crippen molar-refractivity contribution >= 4 is 23.2 Å². The smallest absolute Gasteiger partial charge is 0.248 e. The van der Waals surface area contributed by atoms with Crippen molar-refractivity contribution in [3.8, 4) is 0 Å². The van der Waals surface area contributed by atoms with E-state index in [0.717, 1.165) is 18.8 Å². The van der Waals surface area contributed by atoms with E-state index in [1.807, 2.05) is 6.07 Å². The van der Waals surface area contributed by atoms with E-state index in [4.69, 9.17) is 17.3 Å². The largest absolute Gasteiger partial charge is 0.366 e. The first-order valence-corrected chi connectivity index (χ1v) is 8.14. The summed E-state index contributed by atoms with van der Waals surface area (Å²) < 4.78 is 0. The third kappa shape index (κ3) is 3.01. The van der Waals surface area contributed by atoms with Gasteiger partial charge >= 0.3 is 0 Å². The number of hydrogen-bond donors (Lipinski definition) is 2. The Hall–Kier alpha value is -1.26. The number of anilines is 1. The van der Waals surface area contributed by atoms with E-state index in [0.29, 0.717) is 22.7 Å². The molecule has 1 aromatic carbocycles. The maximum Gasteiger partial charge on any atom is 0.248 e. The Balaban J connectivity index is 1.87. The molecule has 3 rings (SSSR count). The summed E-state index contributed by atoms with van der Waals surface area (Å²) in [6, 6.07) is 6.45. The molecule has 2 unspecified atom stereocenters. The zero-order chi connectivity index (χ0) is 14.8. The van der Waals surface area contributed by atoms with Gasteiger partial charge in [-0.2, -0.15) is 0 Å². The molecule has 2 aliphatic rings. The minimum absolute atomic E-state index is 0.434. The van der Waals surface area contributed by atoms with E-state index in [9.17, 15) is 4.79 Å². The summed E-state index contributed by atoms with van der Waals surface area (Å²) >= 11 is 6.41. The van der Waals surface area contributed by atoms with Crippen molar-refractivity contribution in [2.75, 3.05) is 18.0 Å². The Bertz CT molecular complexity index is 528. The van der Waals surface area contributed by atoms with Crippen molar-refractivity contribution in [3.05, 3.63) is 28.8 Å². The molecule has 2 heterocycles. The molecule has 0 bridgehead atoms. The van der Waals surface area contributed by atoms with Crippen LogP contribution in [0.4, 0.5) is 5.69 Å². The number of carbonyl (C=O) groups excluding carboxylic acids is 1. The van der Waals surface area contributed by atoms with Gasteiger partial charge in [-0.3, -0.25) is 4.79 Å². The van der Waals surface area contributed by atoms with Gasteiger partial charge in [0.15, 0.2) is 0 Å². The van der Waals surface area contributed by atoms with Gasteiger partial charge in [-0.15, -0.1) is 0 Å². The van der Waals surface area contributed by atoms with Crippen LogP contribution in [0.1, 0.15) is 42.5 Å². The fraction of sp³-hybridized carbons (Fsp3) is 0.562. The minimum Gasteiger partial charge on any atom is -0.366 e. The van der Waals surface area contributed by atoms with Crippen LogP contribution in [-0.2, 0) is 0 Å². The Morgan fingerprint density at radius 2 is 2.14 bits per heavy atom. The number of benzene rings is 1. The van der Waals surface area contributed by atoms with Crippen LogP contribution in [0, 0.1) is 0 Å². The molecule has 114 valence electrons. The van der Waals surface area contributed by atoms with Gasteiger partial charge in [-0.25, -0.2) is 0 Å². The molecule has 2 fully saturated rings. The van der Waals surface area contributed by atoms with Crippen LogP contribution < -0.4 is 16.0 Å². The molecule has 0 radical (unpaired) electrons. The number of nitrogens with zero attached hydrogens (tertiary/aromatic N) is 1. The standard InChI is InChI=1S/C16H22ClN3O/c17-12-10-11(16(18)21)6-7-14(12)20-9-2-1-5-15(20)13-4-3-8-19-13/h6-7,10,13,15,19H,1-5,8-9H2,(H2,18,21). The van der Waals surface area contributed by atoms with Crippen molar-refractivity contribution in [2.24, 2.45) is 5.73 Å². The lowest BCUT2D eigenvalue weighted by atomic mass is 9.93. The zero-order valence-corrected chi connectivity index (χ0v) is 12.9. The van der Waals surface area contributed by atoms with Gasteiger partial charge in [-0.1, -0.05) is 11.6 Å². The number of rotatable bonds is 3. The van der Waals surface area contributed by atoms with Gasteiger partial charge < -0.3 is 16.0 Å². The zero-order valence-electron chi connectivity index (χ0n) is 12.1. The maximum absolute atomic E-state index is 11.3. The average Bonchev–Trinajstić information content (AvgIpc) is 3.01. The van der Waals surface area contributed by atoms with Gasteiger partial charge in [0, 0.05) is 24.2 Å². The number of carbonyl (C=O) groups is 1. The number of nitrogens with one attached hydrogen (secondary N) is 1. The second-order valence-corrected chi connectivity index (χ2v) is 6.40. The molecule has 0 aromatic heterocycles. The average molecular weight is 308 g/mol. The van der Waals surface area contributed by atoms with Crippen LogP contribution in [-0.4, -0.2) is 31.1 Å². The van der Waals surface area contributed by atoms with Crippen LogP contribution in [0.2, 0.25) is 5.02 Å². The monoisotopic (exact) mass is 307 g/mol. The molecule has 3 N–H and O–H groups in total. The highest BCUT2D eigenvalue weighted by Gasteiger charge is 2.32. The maximum atomic E-state index is 11.3. The molecule has 1 amide bonds. The predicted molar refractivity (Wildman–Crippen MR) is 86.0 cm³/mol. The first-order chi connectivity index (χ1) is 10.2. The second kappa shape index (κ2) is 6.24. The number of piperidine rings is 1. The molecule has 2 atom stereocenters. The fourth-order valence-electron chi connectivity index (χ4n) is 3.61. The molecule has 2 saturated heterocycles. The molecule has 0 aliphatic carbocycles. The third-order valence-electron chi connectivity index (χ3n) is 4.65. The van der Waals surface area contributed by atoms with E-state index in [1.54, 1.807) is 12.1 Å². The van der Waals surface area contributed by atoms with Gasteiger partial charge in [0.1, 0.15) is 0 Å². The first-order valence-electron chi connectivity index (χ1n) is 7.76. The van der Waals surface area contributed by atoms with Crippen molar-refractivity contribution in [2.45, 2.75) is 44.2 Å². The topological polar surface area (TPSA) is 58.4 Å². The highest BCUT2D eigenvalue weighted by Crippen LogP contribution is 2.34. The SMILES string of the molecule is NC(=O)c1ccc(N2CCCCC2C2CCCN2)c(Cl)c1. The molecule has 0 saturated carbocycles. The predicted octanol–water partition coefficient (Wildman–Crippen LogP) is 2.55. The lowest BCUT2D eigenvalue weighted by Gasteiger charge is -2.41. The van der Waals surface area contributed by atoms with E-state index < -0.39 is 5.91 Å². The molecule has 2 aliphatic heterocycles. The van der Waals surface area contributed by atoms with Gasteiger partial charge in [0.2, 0.25) is 5.91 Å². The molecular formula is C16H22ClN3O. The molecule has 21 heavy (non-hydrogen) atoms. The number of nitrogens with two attached hydrogens (primary N) is 1.